The summed E-state index contributed by atoms with van der Waals surface area (Å²) in [5.74, 6) is -0.313. The molecule has 2 aromatic rings. The highest BCUT2D eigenvalue weighted by atomic mass is 19.4. The first kappa shape index (κ1) is 18.3. The van der Waals surface area contributed by atoms with Crippen LogP contribution in [0.15, 0.2) is 48.5 Å². The molecule has 0 saturated carbocycles. The van der Waals surface area contributed by atoms with Gasteiger partial charge in [0, 0.05) is 6.04 Å². The van der Waals surface area contributed by atoms with Crippen LogP contribution in [-0.4, -0.2) is 29.0 Å². The number of benzene rings is 2. The number of phenolic OH excluding ortho intramolecular Hbond substituents is 1. The molecule has 138 valence electrons. The third-order valence-corrected chi connectivity index (χ3v) is 4.49. The summed E-state index contributed by atoms with van der Waals surface area (Å²) in [6, 6.07) is 11.7. The molecule has 0 aliphatic carbocycles. The molecule has 3 rings (SSSR count). The van der Waals surface area contributed by atoms with Crippen LogP contribution in [0.4, 0.5) is 18.9 Å². The van der Waals surface area contributed by atoms with Crippen LogP contribution < -0.4 is 5.32 Å². The molecule has 1 amide bonds. The van der Waals surface area contributed by atoms with Crippen molar-refractivity contribution in [2.24, 2.45) is 0 Å². The number of aromatic hydroxyl groups is 1. The minimum Gasteiger partial charge on any atom is -0.508 e. The Labute approximate surface area is 149 Å². The van der Waals surface area contributed by atoms with Gasteiger partial charge in [-0.15, -0.1) is 0 Å². The van der Waals surface area contributed by atoms with Crippen LogP contribution in [0.5, 0.6) is 5.75 Å². The predicted octanol–water partition coefficient (Wildman–Crippen LogP) is 4.19. The summed E-state index contributed by atoms with van der Waals surface area (Å²) >= 11 is 0. The molecule has 0 aromatic heterocycles. The normalized spacial score (nSPS) is 18.0. The lowest BCUT2D eigenvalue weighted by atomic mass is 10.0. The van der Waals surface area contributed by atoms with E-state index in [9.17, 15) is 23.1 Å². The van der Waals surface area contributed by atoms with Crippen molar-refractivity contribution in [3.63, 3.8) is 0 Å². The number of anilines is 1. The highest BCUT2D eigenvalue weighted by molar-refractivity contribution is 5.93. The molecule has 1 fully saturated rings. The number of para-hydroxylation sites is 1. The summed E-state index contributed by atoms with van der Waals surface area (Å²) in [5, 5.41) is 11.8. The first-order valence-electron chi connectivity index (χ1n) is 8.33. The highest BCUT2D eigenvalue weighted by Crippen LogP contribution is 2.35. The standard InChI is InChI=1S/C19H19F3N2O2/c20-19(21,22)15-4-1-2-5-16(15)23-18(26)12-24-11-3-6-17(24)13-7-9-14(25)10-8-13/h1-2,4-5,7-10,17,25H,3,6,11-12H2,(H,23,26)/t17-/m1/s1. The Morgan fingerprint density at radius 1 is 1.15 bits per heavy atom. The molecule has 2 aromatic carbocycles. The fraction of sp³-hybridized carbons (Fsp3) is 0.316. The van der Waals surface area contributed by atoms with Crippen molar-refractivity contribution >= 4 is 11.6 Å². The Kier molecular flexibility index (Phi) is 5.18. The second-order valence-electron chi connectivity index (χ2n) is 6.31. The third kappa shape index (κ3) is 4.16. The van der Waals surface area contributed by atoms with Crippen molar-refractivity contribution in [2.45, 2.75) is 25.1 Å². The average molecular weight is 364 g/mol. The maximum atomic E-state index is 13.0. The zero-order valence-corrected chi connectivity index (χ0v) is 14.0. The largest absolute Gasteiger partial charge is 0.508 e. The van der Waals surface area contributed by atoms with Crippen molar-refractivity contribution < 1.29 is 23.1 Å². The molecule has 0 unspecified atom stereocenters. The van der Waals surface area contributed by atoms with Crippen molar-refractivity contribution in [1.29, 1.82) is 0 Å². The van der Waals surface area contributed by atoms with E-state index in [-0.39, 0.29) is 24.0 Å². The summed E-state index contributed by atoms with van der Waals surface area (Å²) in [4.78, 5) is 14.3. The number of likely N-dealkylation sites (tertiary alicyclic amines) is 1. The monoisotopic (exact) mass is 364 g/mol. The van der Waals surface area contributed by atoms with Gasteiger partial charge in [-0.3, -0.25) is 9.69 Å². The van der Waals surface area contributed by atoms with Gasteiger partial charge in [0.25, 0.3) is 0 Å². The van der Waals surface area contributed by atoms with E-state index in [4.69, 9.17) is 0 Å². The number of rotatable bonds is 4. The molecule has 4 nitrogen and oxygen atoms in total. The summed E-state index contributed by atoms with van der Waals surface area (Å²) in [6.07, 6.45) is -2.76. The van der Waals surface area contributed by atoms with Gasteiger partial charge >= 0.3 is 6.18 Å². The molecule has 2 N–H and O–H groups in total. The minimum atomic E-state index is -4.52. The lowest BCUT2D eigenvalue weighted by Gasteiger charge is -2.24. The van der Waals surface area contributed by atoms with Crippen LogP contribution in [0.1, 0.15) is 30.0 Å². The second-order valence-corrected chi connectivity index (χ2v) is 6.31. The number of carbonyl (C=O) groups excluding carboxylic acids is 1. The van der Waals surface area contributed by atoms with Crippen LogP contribution >= 0.6 is 0 Å². The fourth-order valence-electron chi connectivity index (χ4n) is 3.30. The van der Waals surface area contributed by atoms with Crippen molar-refractivity contribution in [1.82, 2.24) is 4.90 Å². The van der Waals surface area contributed by atoms with E-state index >= 15 is 0 Å². The molecular formula is C19H19F3N2O2. The van der Waals surface area contributed by atoms with Gasteiger partial charge in [-0.25, -0.2) is 0 Å². The van der Waals surface area contributed by atoms with E-state index < -0.39 is 17.6 Å². The number of phenols is 1. The van der Waals surface area contributed by atoms with Gasteiger partial charge in [-0.1, -0.05) is 24.3 Å². The maximum absolute atomic E-state index is 13.0. The maximum Gasteiger partial charge on any atom is 0.418 e. The Bertz CT molecular complexity index is 775. The predicted molar refractivity (Wildman–Crippen MR) is 91.7 cm³/mol. The molecule has 0 radical (unpaired) electrons. The summed E-state index contributed by atoms with van der Waals surface area (Å²) in [6.45, 7) is 0.706. The lowest BCUT2D eigenvalue weighted by molar-refractivity contribution is -0.137. The Balaban J connectivity index is 1.69. The zero-order valence-electron chi connectivity index (χ0n) is 14.0. The number of amides is 1. The Morgan fingerprint density at radius 3 is 2.54 bits per heavy atom. The molecule has 7 heteroatoms. The number of hydrogen-bond acceptors (Lipinski definition) is 3. The van der Waals surface area contributed by atoms with E-state index in [1.807, 2.05) is 4.90 Å². The number of nitrogens with zero attached hydrogens (tertiary/aromatic N) is 1. The molecule has 1 aliphatic rings. The molecule has 1 atom stereocenters. The van der Waals surface area contributed by atoms with Crippen LogP contribution in [0.25, 0.3) is 0 Å². The number of halogens is 3. The number of nitrogens with one attached hydrogen (secondary N) is 1. The van der Waals surface area contributed by atoms with E-state index in [2.05, 4.69) is 5.32 Å². The van der Waals surface area contributed by atoms with Crippen molar-refractivity contribution in [2.75, 3.05) is 18.4 Å². The molecule has 1 aliphatic heterocycles. The highest BCUT2D eigenvalue weighted by Gasteiger charge is 2.34. The lowest BCUT2D eigenvalue weighted by Crippen LogP contribution is -2.33. The van der Waals surface area contributed by atoms with Crippen LogP contribution in [0.2, 0.25) is 0 Å². The quantitative estimate of drug-likeness (QED) is 0.856. The van der Waals surface area contributed by atoms with E-state index in [0.29, 0.717) is 6.54 Å². The topological polar surface area (TPSA) is 52.6 Å². The van der Waals surface area contributed by atoms with Crippen molar-refractivity contribution in [3.8, 4) is 5.75 Å². The Hall–Kier alpha value is -2.54. The van der Waals surface area contributed by atoms with Gasteiger partial charge in [0.15, 0.2) is 0 Å². The van der Waals surface area contributed by atoms with Gasteiger partial charge in [0.1, 0.15) is 5.75 Å². The summed E-state index contributed by atoms with van der Waals surface area (Å²) in [7, 11) is 0. The second kappa shape index (κ2) is 7.37. The molecule has 26 heavy (non-hydrogen) atoms. The number of hydrogen-bond donors (Lipinski definition) is 2. The first-order chi connectivity index (χ1) is 12.3. The fourth-order valence-corrected chi connectivity index (χ4v) is 3.30. The van der Waals surface area contributed by atoms with Crippen LogP contribution in [-0.2, 0) is 11.0 Å². The van der Waals surface area contributed by atoms with Gasteiger partial charge in [0.2, 0.25) is 5.91 Å². The Morgan fingerprint density at radius 2 is 1.85 bits per heavy atom. The zero-order chi connectivity index (χ0) is 18.7. The molecular weight excluding hydrogens is 345 g/mol. The molecule has 0 spiro atoms. The molecule has 1 heterocycles. The SMILES string of the molecule is O=C(CN1CCC[C@@H]1c1ccc(O)cc1)Nc1ccccc1C(F)(F)F. The van der Waals surface area contributed by atoms with Gasteiger partial charge < -0.3 is 10.4 Å². The van der Waals surface area contributed by atoms with Gasteiger partial charge in [-0.05, 0) is 49.2 Å². The van der Waals surface area contributed by atoms with E-state index in [1.54, 1.807) is 24.3 Å². The average Bonchev–Trinajstić information content (AvgIpc) is 3.03. The smallest absolute Gasteiger partial charge is 0.418 e. The van der Waals surface area contributed by atoms with E-state index in [0.717, 1.165) is 24.5 Å². The third-order valence-electron chi connectivity index (χ3n) is 4.49. The van der Waals surface area contributed by atoms with Crippen molar-refractivity contribution in [3.05, 3.63) is 59.7 Å². The van der Waals surface area contributed by atoms with Crippen LogP contribution in [0.3, 0.4) is 0 Å². The molecule has 1 saturated heterocycles. The molecule has 0 bridgehead atoms. The van der Waals surface area contributed by atoms with Crippen LogP contribution in [0, 0.1) is 0 Å². The number of carbonyl (C=O) groups is 1. The van der Waals surface area contributed by atoms with Gasteiger partial charge in [0.05, 0.1) is 17.8 Å². The summed E-state index contributed by atoms with van der Waals surface area (Å²) < 4.78 is 39.1. The van der Waals surface area contributed by atoms with E-state index in [1.165, 1.54) is 18.2 Å². The van der Waals surface area contributed by atoms with Gasteiger partial charge in [-0.2, -0.15) is 13.2 Å². The first-order valence-corrected chi connectivity index (χ1v) is 8.33. The summed E-state index contributed by atoms with van der Waals surface area (Å²) in [5.41, 5.74) is -0.112. The number of alkyl halides is 3. The minimum absolute atomic E-state index is 0.0116.